The van der Waals surface area contributed by atoms with Gasteiger partial charge in [-0.15, -0.1) is 0 Å². The number of hydrogen-bond acceptors (Lipinski definition) is 11. The number of nitrogens with one attached hydrogen (secondary N) is 2. The molecule has 14 nitrogen and oxygen atoms in total. The molecule has 0 unspecified atom stereocenters. The van der Waals surface area contributed by atoms with Crippen molar-refractivity contribution >= 4 is 19.9 Å². The fraction of sp³-hybridized carbons (Fsp3) is 0.308. The minimum Gasteiger partial charge on any atom is -0.460 e. The van der Waals surface area contributed by atoms with Crippen LogP contribution in [-0.4, -0.2) is 52.4 Å². The topological polar surface area (TPSA) is 173 Å². The second kappa shape index (κ2) is 11.9. The zero-order valence-electron chi connectivity index (χ0n) is 21.9. The number of carbonyl (C=O) groups excluding carboxylic acids is 2. The zero-order valence-corrected chi connectivity index (χ0v) is 22.8. The smallest absolute Gasteiger partial charge is 0.460 e. The van der Waals surface area contributed by atoms with Crippen LogP contribution in [0, 0.1) is 0 Å². The number of benzene rings is 2. The van der Waals surface area contributed by atoms with E-state index in [9.17, 15) is 23.7 Å². The van der Waals surface area contributed by atoms with Gasteiger partial charge >= 0.3 is 25.6 Å². The summed E-state index contributed by atoms with van der Waals surface area (Å²) < 4.78 is 62.5. The number of aromatic amines is 1. The predicted molar refractivity (Wildman–Crippen MR) is 140 cm³/mol. The zero-order chi connectivity index (χ0) is 29.9. The molecule has 0 saturated carbocycles. The fourth-order valence-corrected chi connectivity index (χ4v) is 5.74. The Balaban J connectivity index is 1.34. The molecule has 6 atom stereocenters. The number of esters is 1. The summed E-state index contributed by atoms with van der Waals surface area (Å²) >= 11 is 0. The van der Waals surface area contributed by atoms with E-state index in [0.717, 1.165) is 22.4 Å². The first kappa shape index (κ1) is 29.2. The first-order valence-electron chi connectivity index (χ1n) is 12.6. The normalized spacial score (nSPS) is 25.0. The first-order chi connectivity index (χ1) is 20.1. The lowest BCUT2D eigenvalue weighted by atomic mass is 10.1. The standard InChI is InChI=1S/C26H25FN3O11P/c1-16(23(32)36-14-17-8-4-2-5-9-17)29-42(35,41-18-10-6-3-7-11-18)37-15-26(27)21-20(38-25(34)39-21)22(40-26)30-13-12-19(31)28-24(30)33/h2-13,16,20-22H,14-15H2,1H3,(H,29,35)(H,28,31,33)/t16-,20+,21-,22+,26+,42-/m0/s1. The third-order valence-electron chi connectivity index (χ3n) is 6.23. The molecule has 3 aromatic rings. The molecule has 222 valence electrons. The van der Waals surface area contributed by atoms with Gasteiger partial charge in [-0.2, -0.15) is 5.09 Å². The molecule has 0 radical (unpaired) electrons. The molecular weight excluding hydrogens is 580 g/mol. The van der Waals surface area contributed by atoms with Crippen molar-refractivity contribution in [2.45, 2.75) is 43.9 Å². The van der Waals surface area contributed by atoms with Crippen molar-refractivity contribution in [1.82, 2.24) is 14.6 Å². The van der Waals surface area contributed by atoms with Gasteiger partial charge in [0.2, 0.25) is 6.10 Å². The first-order valence-corrected chi connectivity index (χ1v) is 14.1. The number of rotatable bonds is 11. The van der Waals surface area contributed by atoms with Crippen molar-refractivity contribution in [3.63, 3.8) is 0 Å². The van der Waals surface area contributed by atoms with Gasteiger partial charge in [-0.3, -0.25) is 23.7 Å². The Hall–Kier alpha value is -4.30. The highest BCUT2D eigenvalue weighted by molar-refractivity contribution is 7.52. The average Bonchev–Trinajstić information content (AvgIpc) is 3.48. The van der Waals surface area contributed by atoms with Gasteiger partial charge < -0.3 is 23.5 Å². The van der Waals surface area contributed by atoms with Gasteiger partial charge in [0, 0.05) is 12.3 Å². The number of para-hydroxylation sites is 1. The monoisotopic (exact) mass is 605 g/mol. The summed E-state index contributed by atoms with van der Waals surface area (Å²) in [5, 5.41) is 2.43. The number of nitrogens with zero attached hydrogens (tertiary/aromatic N) is 1. The van der Waals surface area contributed by atoms with Crippen molar-refractivity contribution < 1.29 is 46.5 Å². The van der Waals surface area contributed by atoms with Crippen LogP contribution in [0.4, 0.5) is 9.18 Å². The second-order valence-corrected chi connectivity index (χ2v) is 11.0. The van der Waals surface area contributed by atoms with Crippen LogP contribution in [0.15, 0.2) is 82.5 Å². The van der Waals surface area contributed by atoms with E-state index >= 15 is 4.39 Å². The van der Waals surface area contributed by atoms with E-state index in [4.69, 9.17) is 28.0 Å². The van der Waals surface area contributed by atoms with Gasteiger partial charge in [0.05, 0.1) is 0 Å². The van der Waals surface area contributed by atoms with Crippen molar-refractivity contribution in [2.75, 3.05) is 6.61 Å². The van der Waals surface area contributed by atoms with E-state index in [0.29, 0.717) is 0 Å². The summed E-state index contributed by atoms with van der Waals surface area (Å²) in [6.07, 6.45) is -5.02. The molecule has 5 rings (SSSR count). The molecule has 0 bridgehead atoms. The molecule has 0 aliphatic carbocycles. The molecule has 2 aliphatic heterocycles. The molecular formula is C26H25FN3O11P. The lowest BCUT2D eigenvalue weighted by molar-refractivity contribution is -0.207. The summed E-state index contributed by atoms with van der Waals surface area (Å²) in [5.74, 6) is -3.75. The van der Waals surface area contributed by atoms with Crippen molar-refractivity contribution in [2.24, 2.45) is 0 Å². The number of carbonyl (C=O) groups is 2. The molecule has 16 heteroatoms. The molecule has 2 N–H and O–H groups in total. The van der Waals surface area contributed by atoms with Crippen molar-refractivity contribution in [3.05, 3.63) is 99.3 Å². The van der Waals surface area contributed by atoms with E-state index < -0.39 is 68.1 Å². The van der Waals surface area contributed by atoms with Gasteiger partial charge in [-0.1, -0.05) is 48.5 Å². The van der Waals surface area contributed by atoms with Crippen LogP contribution in [-0.2, 0) is 39.4 Å². The van der Waals surface area contributed by atoms with E-state index in [2.05, 4.69) is 5.09 Å². The van der Waals surface area contributed by atoms with E-state index in [1.165, 1.54) is 19.1 Å². The van der Waals surface area contributed by atoms with Gasteiger partial charge in [-0.05, 0) is 24.6 Å². The number of hydrogen-bond donors (Lipinski definition) is 2. The van der Waals surface area contributed by atoms with E-state index in [-0.39, 0.29) is 12.4 Å². The molecule has 42 heavy (non-hydrogen) atoms. The Morgan fingerprint density at radius 1 is 1.10 bits per heavy atom. The number of halogens is 1. The predicted octanol–water partition coefficient (Wildman–Crippen LogP) is 2.56. The third-order valence-corrected chi connectivity index (χ3v) is 7.85. The molecule has 2 aliphatic rings. The summed E-state index contributed by atoms with van der Waals surface area (Å²) in [7, 11) is -4.57. The van der Waals surface area contributed by atoms with Crippen LogP contribution in [0.3, 0.4) is 0 Å². The van der Waals surface area contributed by atoms with Gasteiger partial charge in [-0.25, -0.2) is 18.5 Å². The lowest BCUT2D eigenvalue weighted by Crippen LogP contribution is -2.43. The number of alkyl halides is 1. The van der Waals surface area contributed by atoms with Crippen LogP contribution >= 0.6 is 7.75 Å². The number of ether oxygens (including phenoxy) is 4. The average molecular weight is 605 g/mol. The van der Waals surface area contributed by atoms with Crippen molar-refractivity contribution in [1.29, 1.82) is 0 Å². The largest absolute Gasteiger partial charge is 0.509 e. The van der Waals surface area contributed by atoms with Gasteiger partial charge in [0.25, 0.3) is 11.4 Å². The highest BCUT2D eigenvalue weighted by Crippen LogP contribution is 2.50. The number of fused-ring (bicyclic) bond motifs is 1. The third kappa shape index (κ3) is 6.44. The molecule has 0 spiro atoms. The summed E-state index contributed by atoms with van der Waals surface area (Å²) in [6, 6.07) is 16.3. The Morgan fingerprint density at radius 2 is 1.79 bits per heavy atom. The minimum absolute atomic E-state index is 0.0578. The molecule has 2 saturated heterocycles. The maximum atomic E-state index is 16.3. The fourth-order valence-electron chi connectivity index (χ4n) is 4.23. The molecule has 2 fully saturated rings. The SMILES string of the molecule is C[C@H](N[P@](=O)(OC[C@@]1(F)O[C@@H](n2ccc(=O)[nH]c2=O)[C@@H]2OC(=O)O[C@@H]21)Oc1ccccc1)C(=O)OCc1ccccc1. The Kier molecular flexibility index (Phi) is 8.27. The van der Waals surface area contributed by atoms with Crippen LogP contribution in [0.1, 0.15) is 18.7 Å². The summed E-state index contributed by atoms with van der Waals surface area (Å²) in [4.78, 5) is 50.4. The maximum Gasteiger partial charge on any atom is 0.509 e. The lowest BCUT2D eigenvalue weighted by Gasteiger charge is -2.27. The molecule has 3 heterocycles. The van der Waals surface area contributed by atoms with Crippen molar-refractivity contribution in [3.8, 4) is 5.75 Å². The Morgan fingerprint density at radius 3 is 2.48 bits per heavy atom. The Labute approximate surface area is 236 Å². The van der Waals surface area contributed by atoms with Gasteiger partial charge in [0.15, 0.2) is 12.3 Å². The van der Waals surface area contributed by atoms with E-state index in [1.807, 2.05) is 4.98 Å². The summed E-state index contributed by atoms with van der Waals surface area (Å²) in [5.41, 5.74) is -0.974. The van der Waals surface area contributed by atoms with Crippen LogP contribution < -0.4 is 20.9 Å². The van der Waals surface area contributed by atoms with Crippen LogP contribution in [0.2, 0.25) is 0 Å². The van der Waals surface area contributed by atoms with Gasteiger partial charge in [0.1, 0.15) is 25.0 Å². The van der Waals surface area contributed by atoms with Crippen LogP contribution in [0.25, 0.3) is 0 Å². The minimum atomic E-state index is -4.57. The number of aromatic nitrogens is 2. The van der Waals surface area contributed by atoms with E-state index in [1.54, 1.807) is 48.5 Å². The molecule has 0 amide bonds. The Bertz CT molecular complexity index is 1600. The summed E-state index contributed by atoms with van der Waals surface area (Å²) in [6.45, 7) is 0.121. The molecule has 2 aromatic carbocycles. The molecule has 1 aromatic heterocycles. The quantitative estimate of drug-likeness (QED) is 0.242. The number of H-pyrrole nitrogens is 1. The highest BCUT2D eigenvalue weighted by Gasteiger charge is 2.65. The second-order valence-electron chi connectivity index (χ2n) is 9.30. The maximum absolute atomic E-state index is 16.3. The van der Waals surface area contributed by atoms with Crippen LogP contribution in [0.5, 0.6) is 5.75 Å². The highest BCUT2D eigenvalue weighted by atomic mass is 31.2.